The normalized spacial score (nSPS) is 9.29. The van der Waals surface area contributed by atoms with Crippen LogP contribution in [0.15, 0.2) is 10.2 Å². The van der Waals surface area contributed by atoms with Crippen molar-refractivity contribution in [1.29, 1.82) is 0 Å². The first-order valence-corrected chi connectivity index (χ1v) is 5.13. The fraction of sp³-hybridized carbons (Fsp3) is 0.636. The van der Waals surface area contributed by atoms with Gasteiger partial charge in [-0.15, -0.1) is 24.7 Å². The van der Waals surface area contributed by atoms with Crippen LogP contribution in [-0.4, -0.2) is 13.1 Å². The summed E-state index contributed by atoms with van der Waals surface area (Å²) in [6.45, 7) is 0.484. The smallest absolute Gasteiger partial charge is 0.0316 e. The fourth-order valence-corrected chi connectivity index (χ4v) is 1.53. The van der Waals surface area contributed by atoms with E-state index in [1.54, 1.807) is 0 Å². The first-order chi connectivity index (χ1) is 8.24. The van der Waals surface area contributed by atoms with Crippen LogP contribution in [0.25, 0.3) is 20.9 Å². The fourth-order valence-electron chi connectivity index (χ4n) is 1.53. The van der Waals surface area contributed by atoms with Crippen LogP contribution in [0.2, 0.25) is 0 Å². The summed E-state index contributed by atoms with van der Waals surface area (Å²) >= 11 is 0. The highest BCUT2D eigenvalue weighted by Gasteiger charge is 2.27. The summed E-state index contributed by atoms with van der Waals surface area (Å²) in [5, 5.41) is 7.13. The van der Waals surface area contributed by atoms with Crippen molar-refractivity contribution < 1.29 is 0 Å². The molecule has 0 aromatic carbocycles. The molecule has 0 aliphatic carbocycles. The van der Waals surface area contributed by atoms with Crippen molar-refractivity contribution in [2.24, 2.45) is 15.6 Å². The van der Waals surface area contributed by atoms with E-state index in [0.717, 1.165) is 0 Å². The number of rotatable bonds is 8. The Morgan fingerprint density at radius 1 is 0.941 bits per heavy atom. The van der Waals surface area contributed by atoms with Gasteiger partial charge in [0.2, 0.25) is 0 Å². The van der Waals surface area contributed by atoms with Gasteiger partial charge in [0.15, 0.2) is 0 Å². The summed E-state index contributed by atoms with van der Waals surface area (Å²) in [6, 6.07) is 0. The van der Waals surface area contributed by atoms with Crippen molar-refractivity contribution >= 4 is 0 Å². The molecule has 0 aromatic rings. The summed E-state index contributed by atoms with van der Waals surface area (Å²) in [4.78, 5) is 5.46. The van der Waals surface area contributed by atoms with Gasteiger partial charge < -0.3 is 0 Å². The average molecular weight is 230 g/mol. The molecule has 0 spiro atoms. The van der Waals surface area contributed by atoms with E-state index in [9.17, 15) is 0 Å². The molecule has 0 bridgehead atoms. The molecule has 0 saturated carbocycles. The summed E-state index contributed by atoms with van der Waals surface area (Å²) in [5.41, 5.74) is 16.3. The maximum Gasteiger partial charge on any atom is 0.0316 e. The Labute approximate surface area is 101 Å². The number of hydrogen-bond acceptors (Lipinski definition) is 2. The van der Waals surface area contributed by atoms with Crippen LogP contribution in [0.5, 0.6) is 0 Å². The quantitative estimate of drug-likeness (QED) is 0.264. The second-order valence-corrected chi connectivity index (χ2v) is 3.69. The van der Waals surface area contributed by atoms with Crippen molar-refractivity contribution in [2.75, 3.05) is 13.1 Å². The SMILES string of the molecule is C#CCCC(CCC#C)(CN=[N+]=[N-])CN=[N+]=[N-]. The van der Waals surface area contributed by atoms with Gasteiger partial charge in [0, 0.05) is 35.8 Å². The van der Waals surface area contributed by atoms with Gasteiger partial charge in [-0.2, -0.15) is 0 Å². The summed E-state index contributed by atoms with van der Waals surface area (Å²) in [5.74, 6) is 5.06. The molecule has 0 amide bonds. The van der Waals surface area contributed by atoms with E-state index in [-0.39, 0.29) is 13.1 Å². The molecule has 0 heterocycles. The minimum atomic E-state index is -0.419. The maximum absolute atomic E-state index is 8.38. The van der Waals surface area contributed by atoms with E-state index >= 15 is 0 Å². The van der Waals surface area contributed by atoms with Gasteiger partial charge in [-0.1, -0.05) is 10.2 Å². The lowest BCUT2D eigenvalue weighted by molar-refractivity contribution is 0.267. The van der Waals surface area contributed by atoms with E-state index in [0.29, 0.717) is 25.7 Å². The molecule has 0 aliphatic heterocycles. The van der Waals surface area contributed by atoms with Crippen molar-refractivity contribution in [3.8, 4) is 24.7 Å². The predicted molar refractivity (Wildman–Crippen MR) is 66.6 cm³/mol. The first kappa shape index (κ1) is 14.7. The highest BCUT2D eigenvalue weighted by molar-refractivity contribution is 4.95. The van der Waals surface area contributed by atoms with Gasteiger partial charge in [-0.05, 0) is 29.3 Å². The Morgan fingerprint density at radius 3 is 1.65 bits per heavy atom. The number of azide groups is 2. The lowest BCUT2D eigenvalue weighted by Crippen LogP contribution is -2.28. The summed E-state index contributed by atoms with van der Waals surface area (Å²) in [7, 11) is 0. The molecule has 6 nitrogen and oxygen atoms in total. The van der Waals surface area contributed by atoms with Gasteiger partial charge in [0.1, 0.15) is 0 Å². The van der Waals surface area contributed by atoms with Crippen LogP contribution in [0, 0.1) is 30.1 Å². The zero-order chi connectivity index (χ0) is 13.0. The molecule has 0 fully saturated rings. The zero-order valence-electron chi connectivity index (χ0n) is 9.58. The van der Waals surface area contributed by atoms with Crippen LogP contribution in [0.1, 0.15) is 25.7 Å². The molecule has 0 rings (SSSR count). The minimum absolute atomic E-state index is 0.242. The lowest BCUT2D eigenvalue weighted by atomic mass is 9.79. The minimum Gasteiger partial charge on any atom is -0.120 e. The molecule has 6 heteroatoms. The molecular weight excluding hydrogens is 216 g/mol. The monoisotopic (exact) mass is 230 g/mol. The lowest BCUT2D eigenvalue weighted by Gasteiger charge is -2.29. The highest BCUT2D eigenvalue weighted by Crippen LogP contribution is 2.31. The molecule has 0 saturated heterocycles. The van der Waals surface area contributed by atoms with Gasteiger partial charge in [-0.3, -0.25) is 0 Å². The Kier molecular flexibility index (Phi) is 7.80. The third-order valence-electron chi connectivity index (χ3n) is 2.54. The van der Waals surface area contributed by atoms with E-state index in [1.807, 2.05) is 0 Å². The van der Waals surface area contributed by atoms with Crippen molar-refractivity contribution in [1.82, 2.24) is 0 Å². The van der Waals surface area contributed by atoms with Crippen LogP contribution >= 0.6 is 0 Å². The van der Waals surface area contributed by atoms with E-state index < -0.39 is 5.41 Å². The molecule has 0 aromatic heterocycles. The van der Waals surface area contributed by atoms with Crippen LogP contribution in [-0.2, 0) is 0 Å². The van der Waals surface area contributed by atoms with Gasteiger partial charge >= 0.3 is 0 Å². The third kappa shape index (κ3) is 6.02. The maximum atomic E-state index is 8.38. The molecule has 88 valence electrons. The van der Waals surface area contributed by atoms with Crippen molar-refractivity contribution in [3.63, 3.8) is 0 Å². The molecular formula is C11H14N6. The van der Waals surface area contributed by atoms with Crippen molar-refractivity contribution in [2.45, 2.75) is 25.7 Å². The average Bonchev–Trinajstić information content (AvgIpc) is 2.37. The van der Waals surface area contributed by atoms with E-state index in [1.165, 1.54) is 0 Å². The Balaban J connectivity index is 4.88. The number of hydrogen-bond donors (Lipinski definition) is 0. The van der Waals surface area contributed by atoms with Crippen LogP contribution < -0.4 is 0 Å². The van der Waals surface area contributed by atoms with E-state index in [2.05, 4.69) is 31.9 Å². The zero-order valence-corrected chi connectivity index (χ0v) is 9.58. The van der Waals surface area contributed by atoms with Crippen molar-refractivity contribution in [3.05, 3.63) is 20.9 Å². The molecule has 0 atom stereocenters. The second-order valence-electron chi connectivity index (χ2n) is 3.69. The number of nitrogens with zero attached hydrogens (tertiary/aromatic N) is 6. The third-order valence-corrected chi connectivity index (χ3v) is 2.54. The van der Waals surface area contributed by atoms with Gasteiger partial charge in [0.25, 0.3) is 0 Å². The number of terminal acetylenes is 2. The Hall–Kier alpha value is -2.26. The molecule has 17 heavy (non-hydrogen) atoms. The Bertz CT molecular complexity index is 361. The molecule has 0 aliphatic rings. The van der Waals surface area contributed by atoms with E-state index in [4.69, 9.17) is 23.9 Å². The first-order valence-electron chi connectivity index (χ1n) is 5.13. The van der Waals surface area contributed by atoms with Crippen LogP contribution in [0.4, 0.5) is 0 Å². The topological polar surface area (TPSA) is 97.5 Å². The molecule has 0 radical (unpaired) electrons. The summed E-state index contributed by atoms with van der Waals surface area (Å²) in [6.07, 6.45) is 12.8. The molecule has 0 N–H and O–H groups in total. The largest absolute Gasteiger partial charge is 0.120 e. The summed E-state index contributed by atoms with van der Waals surface area (Å²) < 4.78 is 0. The standard InChI is InChI=1S/C11H14N6/c1-3-5-7-11(8-6-4-2,9-14-16-12)10-15-17-13/h1-2H,5-10H2. The van der Waals surface area contributed by atoms with Gasteiger partial charge in [-0.25, -0.2) is 0 Å². The highest BCUT2D eigenvalue weighted by atomic mass is 15.2. The van der Waals surface area contributed by atoms with Gasteiger partial charge in [0.05, 0.1) is 0 Å². The van der Waals surface area contributed by atoms with Crippen LogP contribution in [0.3, 0.4) is 0 Å². The molecule has 0 unspecified atom stereocenters. The predicted octanol–water partition coefficient (Wildman–Crippen LogP) is 3.42. The second kappa shape index (κ2) is 9.00. The Morgan fingerprint density at radius 2 is 1.35 bits per heavy atom.